The van der Waals surface area contributed by atoms with Gasteiger partial charge in [0.2, 0.25) is 0 Å². The second-order valence-electron chi connectivity index (χ2n) is 5.54. The molecule has 1 aliphatic heterocycles. The molecule has 1 aromatic carbocycles. The van der Waals surface area contributed by atoms with Crippen LogP contribution in [0.4, 0.5) is 0 Å². The molecule has 0 saturated carbocycles. The summed E-state index contributed by atoms with van der Waals surface area (Å²) >= 11 is 6.59. The van der Waals surface area contributed by atoms with Crippen LogP contribution in [0.15, 0.2) is 29.2 Å². The Balaban J connectivity index is 1.82. The number of esters is 1. The van der Waals surface area contributed by atoms with E-state index in [4.69, 9.17) is 17.0 Å². The highest BCUT2D eigenvalue weighted by atomic mass is 32.2. The van der Waals surface area contributed by atoms with E-state index in [1.807, 2.05) is 0 Å². The van der Waals surface area contributed by atoms with Gasteiger partial charge in [-0.15, -0.1) is 0 Å². The lowest BCUT2D eigenvalue weighted by atomic mass is 10.2. The van der Waals surface area contributed by atoms with Crippen LogP contribution in [-0.2, 0) is 14.3 Å². The fraction of sp³-hybridized carbons (Fsp3) is 0.389. The minimum absolute atomic E-state index is 0.0894. The molecule has 1 aliphatic rings. The van der Waals surface area contributed by atoms with E-state index in [0.29, 0.717) is 28.8 Å². The Bertz CT molecular complexity index is 670. The lowest BCUT2D eigenvalue weighted by Crippen LogP contribution is -2.29. The van der Waals surface area contributed by atoms with Crippen LogP contribution in [0.3, 0.4) is 0 Å². The number of benzene rings is 1. The van der Waals surface area contributed by atoms with Crippen LogP contribution in [0, 0.1) is 0 Å². The second-order valence-corrected chi connectivity index (χ2v) is 7.22. The van der Waals surface area contributed by atoms with Gasteiger partial charge in [-0.1, -0.05) is 42.5 Å². The van der Waals surface area contributed by atoms with Crippen molar-refractivity contribution in [2.45, 2.75) is 32.6 Å². The fourth-order valence-corrected chi connectivity index (χ4v) is 3.67. The first-order valence-electron chi connectivity index (χ1n) is 8.21. The molecule has 2 rings (SSSR count). The molecule has 0 radical (unpaired) electrons. The number of aromatic hydroxyl groups is 1. The summed E-state index contributed by atoms with van der Waals surface area (Å²) in [6, 6.07) is 6.65. The summed E-state index contributed by atoms with van der Waals surface area (Å²) in [5.41, 5.74) is 0.840. The maximum Gasteiger partial charge on any atom is 0.305 e. The molecule has 134 valence electrons. The normalized spacial score (nSPS) is 15.9. The van der Waals surface area contributed by atoms with Gasteiger partial charge in [-0.05, 0) is 43.5 Å². The number of thioether (sulfide) groups is 1. The van der Waals surface area contributed by atoms with Crippen molar-refractivity contribution in [3.05, 3.63) is 34.7 Å². The zero-order valence-corrected chi connectivity index (χ0v) is 15.7. The van der Waals surface area contributed by atoms with Gasteiger partial charge in [-0.2, -0.15) is 0 Å². The van der Waals surface area contributed by atoms with Crippen LogP contribution >= 0.6 is 24.0 Å². The van der Waals surface area contributed by atoms with Crippen LogP contribution in [-0.4, -0.2) is 39.4 Å². The number of nitrogens with zero attached hydrogens (tertiary/aromatic N) is 1. The summed E-state index contributed by atoms with van der Waals surface area (Å²) in [5.74, 6) is -0.0778. The van der Waals surface area contributed by atoms with Gasteiger partial charge < -0.3 is 9.84 Å². The predicted molar refractivity (Wildman–Crippen MR) is 103 cm³/mol. The third kappa shape index (κ3) is 5.86. The van der Waals surface area contributed by atoms with E-state index in [1.54, 1.807) is 42.2 Å². The molecule has 1 amide bonds. The maximum absolute atomic E-state index is 12.5. The largest absolute Gasteiger partial charge is 0.508 e. The fourth-order valence-electron chi connectivity index (χ4n) is 2.36. The van der Waals surface area contributed by atoms with Gasteiger partial charge in [0.25, 0.3) is 5.91 Å². The van der Waals surface area contributed by atoms with Gasteiger partial charge in [-0.3, -0.25) is 14.5 Å². The number of unbranched alkanes of at least 4 members (excludes halogenated alkanes) is 2. The molecule has 1 heterocycles. The Kier molecular flexibility index (Phi) is 7.46. The zero-order valence-electron chi connectivity index (χ0n) is 14.1. The van der Waals surface area contributed by atoms with E-state index < -0.39 is 0 Å². The number of carbonyl (C=O) groups is 2. The summed E-state index contributed by atoms with van der Waals surface area (Å²) in [7, 11) is 0. The number of ether oxygens (including phenoxy) is 1. The van der Waals surface area contributed by atoms with Crippen LogP contribution in [0.5, 0.6) is 5.75 Å². The number of amides is 1. The molecule has 0 bridgehead atoms. The van der Waals surface area contributed by atoms with Gasteiger partial charge in [0.1, 0.15) is 10.1 Å². The quantitative estimate of drug-likeness (QED) is 0.321. The molecule has 0 spiro atoms. The number of hydrogen-bond acceptors (Lipinski definition) is 6. The molecule has 0 aliphatic carbocycles. The second kappa shape index (κ2) is 9.58. The lowest BCUT2D eigenvalue weighted by Gasteiger charge is -2.13. The lowest BCUT2D eigenvalue weighted by molar-refractivity contribution is -0.143. The summed E-state index contributed by atoms with van der Waals surface area (Å²) in [4.78, 5) is 25.9. The molecule has 1 aromatic rings. The SMILES string of the molecule is CCOC(=O)CCCCCN1C(=O)/C(=C\c2ccc(O)cc2)SC1=S. The number of phenols is 1. The summed E-state index contributed by atoms with van der Waals surface area (Å²) < 4.78 is 5.44. The Labute approximate surface area is 157 Å². The molecule has 0 unspecified atom stereocenters. The molecule has 0 aromatic heterocycles. The topological polar surface area (TPSA) is 66.8 Å². The summed E-state index contributed by atoms with van der Waals surface area (Å²) in [6.07, 6.45) is 4.56. The van der Waals surface area contributed by atoms with Gasteiger partial charge in [-0.25, -0.2) is 0 Å². The van der Waals surface area contributed by atoms with Gasteiger partial charge >= 0.3 is 5.97 Å². The van der Waals surface area contributed by atoms with Crippen LogP contribution in [0.1, 0.15) is 38.2 Å². The molecule has 1 N–H and O–H groups in total. The van der Waals surface area contributed by atoms with Crippen molar-refractivity contribution in [3.63, 3.8) is 0 Å². The highest BCUT2D eigenvalue weighted by Gasteiger charge is 2.31. The molecule has 7 heteroatoms. The number of phenolic OH excluding ortho intramolecular Hbond substituents is 1. The first kappa shape index (κ1) is 19.5. The van der Waals surface area contributed by atoms with Crippen molar-refractivity contribution in [2.75, 3.05) is 13.2 Å². The van der Waals surface area contributed by atoms with E-state index >= 15 is 0 Å². The summed E-state index contributed by atoms with van der Waals surface area (Å²) in [5, 5.41) is 9.31. The predicted octanol–water partition coefficient (Wildman–Crippen LogP) is 3.72. The first-order chi connectivity index (χ1) is 12.0. The zero-order chi connectivity index (χ0) is 18.2. The van der Waals surface area contributed by atoms with E-state index in [2.05, 4.69) is 0 Å². The Hall–Kier alpha value is -1.86. The van der Waals surface area contributed by atoms with Crippen molar-refractivity contribution >= 4 is 46.3 Å². The molecule has 1 saturated heterocycles. The third-order valence-electron chi connectivity index (χ3n) is 3.63. The van der Waals surface area contributed by atoms with Crippen molar-refractivity contribution in [1.82, 2.24) is 4.90 Å². The molecule has 0 atom stereocenters. The van der Waals surface area contributed by atoms with E-state index in [1.165, 1.54) is 11.8 Å². The highest BCUT2D eigenvalue weighted by Crippen LogP contribution is 2.33. The van der Waals surface area contributed by atoms with Crippen LogP contribution in [0.2, 0.25) is 0 Å². The first-order valence-corrected chi connectivity index (χ1v) is 9.43. The van der Waals surface area contributed by atoms with Crippen molar-refractivity contribution in [3.8, 4) is 5.75 Å². The monoisotopic (exact) mass is 379 g/mol. The standard InChI is InChI=1S/C18H21NO4S2/c1-2-23-16(21)6-4-3-5-11-19-17(22)15(25-18(19)24)12-13-7-9-14(20)10-8-13/h7-10,12,20H,2-6,11H2,1H3/b15-12+. The van der Waals surface area contributed by atoms with Crippen LogP contribution in [0.25, 0.3) is 6.08 Å². The van der Waals surface area contributed by atoms with Crippen molar-refractivity contribution < 1.29 is 19.4 Å². The van der Waals surface area contributed by atoms with Crippen molar-refractivity contribution in [1.29, 1.82) is 0 Å². The Morgan fingerprint density at radius 2 is 2.00 bits per heavy atom. The van der Waals surface area contributed by atoms with E-state index in [0.717, 1.165) is 24.8 Å². The molecule has 25 heavy (non-hydrogen) atoms. The smallest absolute Gasteiger partial charge is 0.305 e. The Morgan fingerprint density at radius 1 is 1.28 bits per heavy atom. The highest BCUT2D eigenvalue weighted by molar-refractivity contribution is 8.26. The number of carbonyl (C=O) groups excluding carboxylic acids is 2. The van der Waals surface area contributed by atoms with Crippen LogP contribution < -0.4 is 0 Å². The summed E-state index contributed by atoms with van der Waals surface area (Å²) in [6.45, 7) is 2.75. The molecular weight excluding hydrogens is 358 g/mol. The number of thiocarbonyl (C=S) groups is 1. The average Bonchev–Trinajstić information content (AvgIpc) is 2.84. The van der Waals surface area contributed by atoms with Gasteiger partial charge in [0.05, 0.1) is 11.5 Å². The minimum Gasteiger partial charge on any atom is -0.508 e. The molecular formula is C18H21NO4S2. The van der Waals surface area contributed by atoms with E-state index in [-0.39, 0.29) is 17.6 Å². The van der Waals surface area contributed by atoms with Gasteiger partial charge in [0.15, 0.2) is 0 Å². The molecule has 5 nitrogen and oxygen atoms in total. The van der Waals surface area contributed by atoms with E-state index in [9.17, 15) is 14.7 Å². The number of rotatable bonds is 8. The maximum atomic E-state index is 12.5. The minimum atomic E-state index is -0.176. The van der Waals surface area contributed by atoms with Crippen molar-refractivity contribution in [2.24, 2.45) is 0 Å². The van der Waals surface area contributed by atoms with Gasteiger partial charge in [0, 0.05) is 13.0 Å². The Morgan fingerprint density at radius 3 is 2.68 bits per heavy atom. The third-order valence-corrected chi connectivity index (χ3v) is 5.01. The molecule has 1 fully saturated rings. The number of hydrogen-bond donors (Lipinski definition) is 1. The average molecular weight is 380 g/mol.